The Balaban J connectivity index is 2.25. The second kappa shape index (κ2) is 5.52. The topological polar surface area (TPSA) is 81.2 Å². The van der Waals surface area contributed by atoms with E-state index in [-0.39, 0.29) is 29.2 Å². The standard InChI is InChI=1S/C13H11F2N3O2/c14-9-4-5-10(15)8(6-9)7-17-12-3-1-2-11(16)13(12)18(19)20/h1-6,17H,7,16H2. The van der Waals surface area contributed by atoms with Crippen LogP contribution in [0, 0.1) is 21.7 Å². The van der Waals surface area contributed by atoms with Gasteiger partial charge in [-0.25, -0.2) is 8.78 Å². The quantitative estimate of drug-likeness (QED) is 0.512. The summed E-state index contributed by atoms with van der Waals surface area (Å²) in [6, 6.07) is 7.41. The maximum absolute atomic E-state index is 13.4. The second-order valence-corrected chi connectivity index (χ2v) is 4.09. The number of para-hydroxylation sites is 1. The van der Waals surface area contributed by atoms with Gasteiger partial charge in [-0.3, -0.25) is 10.1 Å². The molecule has 0 aliphatic carbocycles. The van der Waals surface area contributed by atoms with Gasteiger partial charge in [-0.05, 0) is 30.3 Å². The predicted octanol–water partition coefficient (Wildman–Crippen LogP) is 3.07. The summed E-state index contributed by atoms with van der Waals surface area (Å²) >= 11 is 0. The second-order valence-electron chi connectivity index (χ2n) is 4.09. The molecule has 0 bridgehead atoms. The van der Waals surface area contributed by atoms with E-state index in [0.717, 1.165) is 18.2 Å². The van der Waals surface area contributed by atoms with E-state index in [2.05, 4.69) is 5.32 Å². The molecule has 2 rings (SSSR count). The van der Waals surface area contributed by atoms with Gasteiger partial charge in [0.2, 0.25) is 0 Å². The maximum atomic E-state index is 13.4. The molecule has 2 aromatic rings. The number of nitro groups is 1. The number of rotatable bonds is 4. The van der Waals surface area contributed by atoms with Crippen LogP contribution in [0.4, 0.5) is 25.8 Å². The molecule has 20 heavy (non-hydrogen) atoms. The molecule has 0 unspecified atom stereocenters. The highest BCUT2D eigenvalue weighted by atomic mass is 19.1. The van der Waals surface area contributed by atoms with Crippen LogP contribution in [0.1, 0.15) is 5.56 Å². The summed E-state index contributed by atoms with van der Waals surface area (Å²) in [5.41, 5.74) is 5.46. The zero-order valence-electron chi connectivity index (χ0n) is 10.3. The number of nitrogen functional groups attached to an aromatic ring is 1. The smallest absolute Gasteiger partial charge is 0.314 e. The lowest BCUT2D eigenvalue weighted by Gasteiger charge is -2.09. The first kappa shape index (κ1) is 13.7. The van der Waals surface area contributed by atoms with Crippen molar-refractivity contribution >= 4 is 17.1 Å². The zero-order valence-corrected chi connectivity index (χ0v) is 10.3. The number of nitro benzene ring substituents is 1. The largest absolute Gasteiger partial charge is 0.393 e. The van der Waals surface area contributed by atoms with Gasteiger partial charge in [-0.1, -0.05) is 6.07 Å². The van der Waals surface area contributed by atoms with Crippen LogP contribution in [-0.2, 0) is 6.54 Å². The number of anilines is 2. The molecule has 0 aliphatic heterocycles. The van der Waals surface area contributed by atoms with Crippen molar-refractivity contribution in [3.05, 3.63) is 63.7 Å². The average Bonchev–Trinajstić information content (AvgIpc) is 2.39. The number of hydrogen-bond donors (Lipinski definition) is 2. The summed E-state index contributed by atoms with van der Waals surface area (Å²) in [5.74, 6) is -1.17. The van der Waals surface area contributed by atoms with Crippen LogP contribution in [-0.4, -0.2) is 4.92 Å². The molecule has 3 N–H and O–H groups in total. The Bertz CT molecular complexity index is 662. The van der Waals surface area contributed by atoms with Crippen molar-refractivity contribution in [3.63, 3.8) is 0 Å². The molecule has 104 valence electrons. The van der Waals surface area contributed by atoms with Gasteiger partial charge >= 0.3 is 5.69 Å². The van der Waals surface area contributed by atoms with Crippen molar-refractivity contribution in [1.82, 2.24) is 0 Å². The van der Waals surface area contributed by atoms with Crippen molar-refractivity contribution in [2.24, 2.45) is 0 Å². The van der Waals surface area contributed by atoms with Crippen LogP contribution in [0.15, 0.2) is 36.4 Å². The minimum absolute atomic E-state index is 0.000265. The minimum atomic E-state index is -0.625. The molecule has 0 saturated carbocycles. The van der Waals surface area contributed by atoms with E-state index < -0.39 is 16.6 Å². The minimum Gasteiger partial charge on any atom is -0.393 e. The first-order chi connectivity index (χ1) is 9.49. The Kier molecular flexibility index (Phi) is 3.79. The highest BCUT2D eigenvalue weighted by Crippen LogP contribution is 2.30. The average molecular weight is 279 g/mol. The number of benzene rings is 2. The molecule has 7 heteroatoms. The van der Waals surface area contributed by atoms with Crippen molar-refractivity contribution in [2.45, 2.75) is 6.54 Å². The summed E-state index contributed by atoms with van der Waals surface area (Å²) < 4.78 is 26.5. The van der Waals surface area contributed by atoms with Crippen LogP contribution in [0.5, 0.6) is 0 Å². The van der Waals surface area contributed by atoms with Crippen LogP contribution >= 0.6 is 0 Å². The van der Waals surface area contributed by atoms with Gasteiger partial charge in [0, 0.05) is 12.1 Å². The first-order valence-corrected chi connectivity index (χ1v) is 5.69. The van der Waals surface area contributed by atoms with Gasteiger partial charge in [0.15, 0.2) is 0 Å². The Morgan fingerprint density at radius 2 is 2.00 bits per heavy atom. The van der Waals surface area contributed by atoms with Gasteiger partial charge in [-0.2, -0.15) is 0 Å². The van der Waals surface area contributed by atoms with Crippen molar-refractivity contribution in [3.8, 4) is 0 Å². The fourth-order valence-electron chi connectivity index (χ4n) is 1.78. The zero-order chi connectivity index (χ0) is 14.7. The van der Waals surface area contributed by atoms with Crippen molar-refractivity contribution < 1.29 is 13.7 Å². The lowest BCUT2D eigenvalue weighted by atomic mass is 10.2. The molecule has 0 spiro atoms. The molecular weight excluding hydrogens is 268 g/mol. The molecular formula is C13H11F2N3O2. The van der Waals surface area contributed by atoms with Gasteiger partial charge in [-0.15, -0.1) is 0 Å². The lowest BCUT2D eigenvalue weighted by Crippen LogP contribution is -2.06. The third-order valence-electron chi connectivity index (χ3n) is 2.73. The highest BCUT2D eigenvalue weighted by Gasteiger charge is 2.17. The lowest BCUT2D eigenvalue weighted by molar-refractivity contribution is -0.383. The molecule has 0 saturated heterocycles. The summed E-state index contributed by atoms with van der Waals surface area (Å²) in [6.45, 7) is -0.0894. The third-order valence-corrected chi connectivity index (χ3v) is 2.73. The molecule has 5 nitrogen and oxygen atoms in total. The van der Waals surface area contributed by atoms with Crippen LogP contribution in [0.3, 0.4) is 0 Å². The molecule has 2 aromatic carbocycles. The van der Waals surface area contributed by atoms with Gasteiger partial charge in [0.25, 0.3) is 0 Å². The summed E-state index contributed by atoms with van der Waals surface area (Å²) in [7, 11) is 0. The Labute approximate surface area is 113 Å². The molecule has 0 aromatic heterocycles. The Hall–Kier alpha value is -2.70. The number of nitrogens with one attached hydrogen (secondary N) is 1. The fourth-order valence-corrected chi connectivity index (χ4v) is 1.78. The Morgan fingerprint density at radius 3 is 2.70 bits per heavy atom. The van der Waals surface area contributed by atoms with Crippen LogP contribution in [0.2, 0.25) is 0 Å². The molecule has 0 radical (unpaired) electrons. The first-order valence-electron chi connectivity index (χ1n) is 5.69. The summed E-state index contributed by atoms with van der Waals surface area (Å²) in [5, 5.41) is 13.6. The number of nitrogens with zero attached hydrogens (tertiary/aromatic N) is 1. The molecule has 0 amide bonds. The Morgan fingerprint density at radius 1 is 1.25 bits per heavy atom. The van der Waals surface area contributed by atoms with Crippen LogP contribution < -0.4 is 11.1 Å². The van der Waals surface area contributed by atoms with E-state index in [9.17, 15) is 18.9 Å². The van der Waals surface area contributed by atoms with Crippen molar-refractivity contribution in [2.75, 3.05) is 11.1 Å². The number of hydrogen-bond acceptors (Lipinski definition) is 4. The van der Waals surface area contributed by atoms with E-state index in [1.54, 1.807) is 0 Å². The van der Waals surface area contributed by atoms with Gasteiger partial charge < -0.3 is 11.1 Å². The summed E-state index contributed by atoms with van der Waals surface area (Å²) in [4.78, 5) is 10.3. The molecule has 0 aliphatic rings. The predicted molar refractivity (Wildman–Crippen MR) is 71.2 cm³/mol. The third kappa shape index (κ3) is 2.82. The number of nitrogens with two attached hydrogens (primary N) is 1. The van der Waals surface area contributed by atoms with E-state index in [0.29, 0.717) is 0 Å². The van der Waals surface area contributed by atoms with E-state index in [1.165, 1.54) is 18.2 Å². The van der Waals surface area contributed by atoms with Crippen molar-refractivity contribution in [1.29, 1.82) is 0 Å². The maximum Gasteiger partial charge on any atom is 0.314 e. The summed E-state index contributed by atoms with van der Waals surface area (Å²) in [6.07, 6.45) is 0. The van der Waals surface area contributed by atoms with E-state index in [1.807, 2.05) is 0 Å². The van der Waals surface area contributed by atoms with Gasteiger partial charge in [0.05, 0.1) is 4.92 Å². The molecule has 0 heterocycles. The monoisotopic (exact) mass is 279 g/mol. The van der Waals surface area contributed by atoms with E-state index >= 15 is 0 Å². The van der Waals surface area contributed by atoms with E-state index in [4.69, 9.17) is 5.73 Å². The number of halogens is 2. The highest BCUT2D eigenvalue weighted by molar-refractivity contribution is 5.74. The molecule has 0 atom stereocenters. The molecule has 0 fully saturated rings. The van der Waals surface area contributed by atoms with Gasteiger partial charge in [0.1, 0.15) is 23.0 Å². The SMILES string of the molecule is Nc1cccc(NCc2cc(F)ccc2F)c1[N+](=O)[O-]. The van der Waals surface area contributed by atoms with Crippen LogP contribution in [0.25, 0.3) is 0 Å². The fraction of sp³-hybridized carbons (Fsp3) is 0.0769. The normalized spacial score (nSPS) is 10.3.